The molecule has 0 atom stereocenters. The van der Waals surface area contributed by atoms with Gasteiger partial charge in [-0.15, -0.1) is 11.3 Å². The second-order valence-electron chi connectivity index (χ2n) is 4.14. The molecule has 2 rings (SSSR count). The molecule has 0 bridgehead atoms. The molecule has 0 unspecified atom stereocenters. The highest BCUT2D eigenvalue weighted by atomic mass is 32.1. The van der Waals surface area contributed by atoms with E-state index in [1.165, 1.54) is 0 Å². The van der Waals surface area contributed by atoms with E-state index < -0.39 is 11.1 Å². The summed E-state index contributed by atoms with van der Waals surface area (Å²) in [6.07, 6.45) is -3.90. The van der Waals surface area contributed by atoms with E-state index in [0.29, 0.717) is 29.5 Å². The van der Waals surface area contributed by atoms with E-state index in [1.54, 1.807) is 0 Å². The minimum atomic E-state index is -4.46. The Morgan fingerprint density at radius 2 is 2.11 bits per heavy atom. The summed E-state index contributed by atoms with van der Waals surface area (Å²) >= 11 is 0.511. The number of halogens is 3. The van der Waals surface area contributed by atoms with Crippen LogP contribution in [0.2, 0.25) is 0 Å². The fourth-order valence-corrected chi connectivity index (χ4v) is 2.05. The monoisotopic (exact) mass is 277 g/mol. The summed E-state index contributed by atoms with van der Waals surface area (Å²) in [5.74, 6) is 0.508. The molecule has 0 saturated heterocycles. The predicted molar refractivity (Wildman–Crippen MR) is 59.0 cm³/mol. The van der Waals surface area contributed by atoms with Gasteiger partial charge < -0.3 is 4.52 Å². The number of aromatic nitrogens is 3. The Labute approximate surface area is 105 Å². The van der Waals surface area contributed by atoms with Crippen molar-refractivity contribution in [1.82, 2.24) is 15.1 Å². The maximum atomic E-state index is 12.7. The van der Waals surface area contributed by atoms with E-state index in [9.17, 15) is 13.2 Å². The first-order valence-electron chi connectivity index (χ1n) is 5.21. The van der Waals surface area contributed by atoms with Gasteiger partial charge in [0, 0.05) is 6.42 Å². The highest BCUT2D eigenvalue weighted by Gasteiger charge is 2.37. The second kappa shape index (κ2) is 4.68. The van der Waals surface area contributed by atoms with Crippen molar-refractivity contribution < 1.29 is 17.7 Å². The zero-order valence-corrected chi connectivity index (χ0v) is 10.5. The van der Waals surface area contributed by atoms with Crippen molar-refractivity contribution >= 4 is 11.3 Å². The van der Waals surface area contributed by atoms with Crippen molar-refractivity contribution in [3.63, 3.8) is 0 Å². The fraction of sp³-hybridized carbons (Fsp3) is 0.500. The lowest BCUT2D eigenvalue weighted by atomic mass is 10.1. The van der Waals surface area contributed by atoms with Gasteiger partial charge >= 0.3 is 6.18 Å². The summed E-state index contributed by atoms with van der Waals surface area (Å²) < 4.78 is 42.8. The molecule has 0 aliphatic rings. The Morgan fingerprint density at radius 1 is 1.39 bits per heavy atom. The molecular weight excluding hydrogens is 267 g/mol. The smallest absolute Gasteiger partial charge is 0.332 e. The Kier molecular flexibility index (Phi) is 3.38. The zero-order valence-electron chi connectivity index (χ0n) is 9.65. The lowest BCUT2D eigenvalue weighted by Gasteiger charge is -2.02. The van der Waals surface area contributed by atoms with Crippen molar-refractivity contribution in [2.24, 2.45) is 5.92 Å². The lowest BCUT2D eigenvalue weighted by molar-refractivity contribution is -0.134. The van der Waals surface area contributed by atoms with Gasteiger partial charge in [0.2, 0.25) is 0 Å². The molecule has 0 spiro atoms. The van der Waals surface area contributed by atoms with Gasteiger partial charge in [0.15, 0.2) is 11.5 Å². The first kappa shape index (κ1) is 13.0. The SMILES string of the molecule is CC(C)Cc1noc(-c2ncsc2C(F)(F)F)n1. The average molecular weight is 277 g/mol. The number of hydrogen-bond acceptors (Lipinski definition) is 5. The Bertz CT molecular complexity index is 532. The van der Waals surface area contributed by atoms with Gasteiger partial charge in [-0.2, -0.15) is 18.2 Å². The molecule has 98 valence electrons. The van der Waals surface area contributed by atoms with E-state index in [2.05, 4.69) is 15.1 Å². The first-order chi connectivity index (χ1) is 8.38. The molecule has 0 amide bonds. The van der Waals surface area contributed by atoms with Crippen LogP contribution in [0.15, 0.2) is 10.0 Å². The van der Waals surface area contributed by atoms with Crippen LogP contribution in [-0.2, 0) is 12.6 Å². The van der Waals surface area contributed by atoms with Crippen LogP contribution in [0.4, 0.5) is 13.2 Å². The molecule has 2 heterocycles. The molecule has 0 aromatic carbocycles. The third-order valence-electron chi connectivity index (χ3n) is 2.09. The Morgan fingerprint density at radius 3 is 2.72 bits per heavy atom. The molecular formula is C10H10F3N3OS. The minimum absolute atomic E-state index is 0.181. The standard InChI is InChI=1S/C10H10F3N3OS/c1-5(2)3-6-15-9(17-16-6)7-8(10(11,12)13)18-4-14-7/h4-5H,3H2,1-2H3. The zero-order chi connectivity index (χ0) is 13.3. The average Bonchev–Trinajstić information content (AvgIpc) is 2.81. The topological polar surface area (TPSA) is 51.8 Å². The molecule has 2 aromatic heterocycles. The van der Waals surface area contributed by atoms with Gasteiger partial charge in [0.25, 0.3) is 5.89 Å². The number of alkyl halides is 3. The fourth-order valence-electron chi connectivity index (χ4n) is 1.40. The van der Waals surface area contributed by atoms with Crippen molar-refractivity contribution in [3.8, 4) is 11.6 Å². The van der Waals surface area contributed by atoms with Gasteiger partial charge in [-0.3, -0.25) is 0 Å². The van der Waals surface area contributed by atoms with Crippen molar-refractivity contribution in [1.29, 1.82) is 0 Å². The highest BCUT2D eigenvalue weighted by molar-refractivity contribution is 7.10. The Balaban J connectivity index is 2.32. The normalized spacial score (nSPS) is 12.3. The van der Waals surface area contributed by atoms with Crippen LogP contribution in [0.3, 0.4) is 0 Å². The number of rotatable bonds is 3. The highest BCUT2D eigenvalue weighted by Crippen LogP contribution is 2.38. The predicted octanol–water partition coefficient (Wildman–Crippen LogP) is 3.41. The molecule has 4 nitrogen and oxygen atoms in total. The van der Waals surface area contributed by atoms with Crippen LogP contribution in [0.1, 0.15) is 24.5 Å². The molecule has 2 aromatic rings. The summed E-state index contributed by atoms with van der Waals surface area (Å²) in [4.78, 5) is 6.76. The maximum Gasteiger partial charge on any atom is 0.427 e. The van der Waals surface area contributed by atoms with E-state index >= 15 is 0 Å². The van der Waals surface area contributed by atoms with Crippen molar-refractivity contribution in [3.05, 3.63) is 16.2 Å². The molecule has 0 aliphatic heterocycles. The molecule has 8 heteroatoms. The van der Waals surface area contributed by atoms with Gasteiger partial charge in [0.05, 0.1) is 5.51 Å². The van der Waals surface area contributed by atoms with Crippen molar-refractivity contribution in [2.75, 3.05) is 0 Å². The number of nitrogens with zero attached hydrogens (tertiary/aromatic N) is 3. The summed E-state index contributed by atoms with van der Waals surface area (Å²) in [6.45, 7) is 3.92. The van der Waals surface area contributed by atoms with Crippen molar-refractivity contribution in [2.45, 2.75) is 26.4 Å². The first-order valence-corrected chi connectivity index (χ1v) is 6.09. The quantitative estimate of drug-likeness (QED) is 0.862. The van der Waals surface area contributed by atoms with Gasteiger partial charge in [0.1, 0.15) is 4.88 Å². The molecule has 18 heavy (non-hydrogen) atoms. The van der Waals surface area contributed by atoms with E-state index in [4.69, 9.17) is 4.52 Å². The lowest BCUT2D eigenvalue weighted by Crippen LogP contribution is -2.04. The maximum absolute atomic E-state index is 12.7. The third-order valence-corrected chi connectivity index (χ3v) is 2.96. The molecule has 0 saturated carbocycles. The molecule has 0 radical (unpaired) electrons. The number of hydrogen-bond donors (Lipinski definition) is 0. The third kappa shape index (κ3) is 2.69. The van der Waals surface area contributed by atoms with E-state index in [1.807, 2.05) is 13.8 Å². The summed E-state index contributed by atoms with van der Waals surface area (Å²) in [5, 5.41) is 3.65. The largest absolute Gasteiger partial charge is 0.427 e. The van der Waals surface area contributed by atoms with Crippen LogP contribution in [0, 0.1) is 5.92 Å². The van der Waals surface area contributed by atoms with Crippen LogP contribution in [0.25, 0.3) is 11.6 Å². The van der Waals surface area contributed by atoms with E-state index in [-0.39, 0.29) is 11.6 Å². The van der Waals surface area contributed by atoms with Gasteiger partial charge in [-0.1, -0.05) is 19.0 Å². The van der Waals surface area contributed by atoms with Crippen LogP contribution in [0.5, 0.6) is 0 Å². The summed E-state index contributed by atoms with van der Waals surface area (Å²) in [7, 11) is 0. The molecule has 0 aliphatic carbocycles. The summed E-state index contributed by atoms with van der Waals surface area (Å²) in [5.41, 5.74) is 0.819. The Hall–Kier alpha value is -1.44. The summed E-state index contributed by atoms with van der Waals surface area (Å²) in [6, 6.07) is 0. The van der Waals surface area contributed by atoms with Gasteiger partial charge in [-0.05, 0) is 5.92 Å². The van der Waals surface area contributed by atoms with Gasteiger partial charge in [-0.25, -0.2) is 4.98 Å². The molecule has 0 fully saturated rings. The van der Waals surface area contributed by atoms with E-state index in [0.717, 1.165) is 5.51 Å². The van der Waals surface area contributed by atoms with Crippen LogP contribution >= 0.6 is 11.3 Å². The van der Waals surface area contributed by atoms with Crippen LogP contribution in [-0.4, -0.2) is 15.1 Å². The second-order valence-corrected chi connectivity index (χ2v) is 5.00. The molecule has 0 N–H and O–H groups in total. The minimum Gasteiger partial charge on any atom is -0.332 e. The van der Waals surface area contributed by atoms with Crippen LogP contribution < -0.4 is 0 Å². The number of thiazole rings is 1.